The third-order valence-electron chi connectivity index (χ3n) is 0.930. The van der Waals surface area contributed by atoms with E-state index >= 15 is 0 Å². The molecule has 50 valence electrons. The number of rotatable bonds is 2. The second-order valence-corrected chi connectivity index (χ2v) is 1.62. The van der Waals surface area contributed by atoms with E-state index in [4.69, 9.17) is 5.41 Å². The fourth-order valence-corrected chi connectivity index (χ4v) is 0.413. The highest BCUT2D eigenvalue weighted by Gasteiger charge is 1.93. The lowest BCUT2D eigenvalue weighted by molar-refractivity contribution is 0.400. The summed E-state index contributed by atoms with van der Waals surface area (Å²) in [6.07, 6.45) is 3.36. The lowest BCUT2D eigenvalue weighted by atomic mass is 10.3. The molecule has 0 unspecified atom stereocenters. The topological polar surface area (TPSA) is 33.1 Å². The molecule has 9 heavy (non-hydrogen) atoms. The van der Waals surface area contributed by atoms with Crippen molar-refractivity contribution >= 4 is 5.90 Å². The molecule has 0 radical (unpaired) electrons. The van der Waals surface area contributed by atoms with Crippen LogP contribution in [0.3, 0.4) is 0 Å². The minimum absolute atomic E-state index is 0.190. The van der Waals surface area contributed by atoms with Crippen LogP contribution in [-0.4, -0.2) is 13.0 Å². The monoisotopic (exact) mass is 125 g/mol. The van der Waals surface area contributed by atoms with Crippen LogP contribution in [0.4, 0.5) is 0 Å². The van der Waals surface area contributed by atoms with Gasteiger partial charge in [-0.25, -0.2) is 0 Å². The summed E-state index contributed by atoms with van der Waals surface area (Å²) in [5.74, 6) is 0.190. The van der Waals surface area contributed by atoms with E-state index in [2.05, 4.69) is 11.3 Å². The first kappa shape index (κ1) is 7.95. The van der Waals surface area contributed by atoms with Gasteiger partial charge in [0.2, 0.25) is 5.90 Å². The van der Waals surface area contributed by atoms with E-state index in [1.54, 1.807) is 19.1 Å². The first-order valence-corrected chi connectivity index (χ1v) is 2.64. The first-order chi connectivity index (χ1) is 4.22. The molecule has 0 saturated carbocycles. The quantitative estimate of drug-likeness (QED) is 0.340. The predicted octanol–water partition coefficient (Wildman–Crippen LogP) is 1.74. The molecule has 0 atom stereocenters. The van der Waals surface area contributed by atoms with E-state index in [-0.39, 0.29) is 5.90 Å². The molecule has 0 heterocycles. The Morgan fingerprint density at radius 1 is 1.67 bits per heavy atom. The molecule has 0 spiro atoms. The highest BCUT2D eigenvalue weighted by atomic mass is 16.5. The maximum Gasteiger partial charge on any atom is 0.208 e. The average molecular weight is 125 g/mol. The van der Waals surface area contributed by atoms with E-state index in [0.29, 0.717) is 0 Å². The lowest BCUT2D eigenvalue weighted by Crippen LogP contribution is -1.99. The smallest absolute Gasteiger partial charge is 0.208 e. The van der Waals surface area contributed by atoms with Crippen LogP contribution in [-0.2, 0) is 4.74 Å². The van der Waals surface area contributed by atoms with Gasteiger partial charge in [-0.1, -0.05) is 18.7 Å². The molecule has 0 fully saturated rings. The molecule has 0 aliphatic carbocycles. The van der Waals surface area contributed by atoms with Crippen LogP contribution in [0, 0.1) is 5.41 Å². The van der Waals surface area contributed by atoms with E-state index < -0.39 is 0 Å². The number of allylic oxidation sites excluding steroid dienone is 2. The second kappa shape index (κ2) is 3.89. The third kappa shape index (κ3) is 2.69. The van der Waals surface area contributed by atoms with E-state index in [9.17, 15) is 0 Å². The van der Waals surface area contributed by atoms with E-state index in [1.165, 1.54) is 7.11 Å². The van der Waals surface area contributed by atoms with Crippen molar-refractivity contribution in [3.8, 4) is 0 Å². The van der Waals surface area contributed by atoms with Gasteiger partial charge in [-0.05, 0) is 6.92 Å². The van der Waals surface area contributed by atoms with Crippen molar-refractivity contribution < 1.29 is 4.74 Å². The Hall–Kier alpha value is -1.05. The molecule has 0 amide bonds. The summed E-state index contributed by atoms with van der Waals surface area (Å²) in [4.78, 5) is 0. The molecular weight excluding hydrogens is 114 g/mol. The van der Waals surface area contributed by atoms with Crippen LogP contribution in [0.1, 0.15) is 6.92 Å². The van der Waals surface area contributed by atoms with Crippen molar-refractivity contribution in [2.24, 2.45) is 0 Å². The van der Waals surface area contributed by atoms with E-state index in [0.717, 1.165) is 5.57 Å². The molecule has 0 aromatic rings. The van der Waals surface area contributed by atoms with Crippen LogP contribution in [0.5, 0.6) is 0 Å². The van der Waals surface area contributed by atoms with Gasteiger partial charge in [0.15, 0.2) is 0 Å². The highest BCUT2D eigenvalue weighted by Crippen LogP contribution is 1.94. The molecule has 0 saturated heterocycles. The molecule has 1 N–H and O–H groups in total. The van der Waals surface area contributed by atoms with Gasteiger partial charge in [0.1, 0.15) is 0 Å². The second-order valence-electron chi connectivity index (χ2n) is 1.62. The van der Waals surface area contributed by atoms with Gasteiger partial charge < -0.3 is 4.74 Å². The number of hydrogen-bond donors (Lipinski definition) is 1. The number of methoxy groups -OCH3 is 1. The summed E-state index contributed by atoms with van der Waals surface area (Å²) in [6.45, 7) is 5.29. The number of hydrogen-bond acceptors (Lipinski definition) is 2. The van der Waals surface area contributed by atoms with Gasteiger partial charge in [0.25, 0.3) is 0 Å². The largest absolute Gasteiger partial charge is 0.481 e. The fourth-order valence-electron chi connectivity index (χ4n) is 0.413. The molecule has 0 aliphatic heterocycles. The van der Waals surface area contributed by atoms with Crippen LogP contribution in [0.25, 0.3) is 0 Å². The molecule has 0 bridgehead atoms. The molecular formula is C7H11NO. The Labute approximate surface area is 55.3 Å². The summed E-state index contributed by atoms with van der Waals surface area (Å²) in [5, 5.41) is 7.11. The van der Waals surface area contributed by atoms with Crippen molar-refractivity contribution in [1.82, 2.24) is 0 Å². The van der Waals surface area contributed by atoms with E-state index in [1.807, 2.05) is 0 Å². The zero-order valence-corrected chi connectivity index (χ0v) is 5.77. The maximum absolute atomic E-state index is 7.11. The SMILES string of the molecule is C=C/C=C(\C)C(=N)OC. The van der Waals surface area contributed by atoms with Crippen molar-refractivity contribution in [3.05, 3.63) is 24.3 Å². The predicted molar refractivity (Wildman–Crippen MR) is 38.7 cm³/mol. The van der Waals surface area contributed by atoms with Crippen LogP contribution >= 0.6 is 0 Å². The standard InChI is InChI=1S/C7H11NO/c1-4-5-6(2)7(8)9-3/h4-5,8H,1H2,2-3H3/b6-5+,8-7?. The minimum atomic E-state index is 0.190. The lowest BCUT2D eigenvalue weighted by Gasteiger charge is -1.98. The summed E-state index contributed by atoms with van der Waals surface area (Å²) in [5.41, 5.74) is 0.785. The van der Waals surface area contributed by atoms with Crippen molar-refractivity contribution in [1.29, 1.82) is 5.41 Å². The van der Waals surface area contributed by atoms with Gasteiger partial charge in [0.05, 0.1) is 7.11 Å². The van der Waals surface area contributed by atoms with Gasteiger partial charge >= 0.3 is 0 Å². The summed E-state index contributed by atoms with van der Waals surface area (Å²) >= 11 is 0. The maximum atomic E-state index is 7.11. The normalized spacial score (nSPS) is 10.7. The molecule has 0 aromatic heterocycles. The Balaban J connectivity index is 4.01. The molecule has 0 aliphatic rings. The third-order valence-corrected chi connectivity index (χ3v) is 0.930. The Morgan fingerprint density at radius 2 is 2.22 bits per heavy atom. The highest BCUT2D eigenvalue weighted by molar-refractivity contribution is 5.90. The van der Waals surface area contributed by atoms with Crippen molar-refractivity contribution in [2.45, 2.75) is 6.92 Å². The molecule has 0 aromatic carbocycles. The summed E-state index contributed by atoms with van der Waals surface area (Å²) < 4.78 is 4.63. The Morgan fingerprint density at radius 3 is 2.56 bits per heavy atom. The first-order valence-electron chi connectivity index (χ1n) is 2.64. The zero-order chi connectivity index (χ0) is 7.28. The molecule has 0 rings (SSSR count). The number of ether oxygens (including phenoxy) is 1. The van der Waals surface area contributed by atoms with Gasteiger partial charge in [-0.3, -0.25) is 5.41 Å². The van der Waals surface area contributed by atoms with Gasteiger partial charge in [-0.15, -0.1) is 0 Å². The Bertz CT molecular complexity index is 147. The van der Waals surface area contributed by atoms with Crippen LogP contribution in [0.2, 0.25) is 0 Å². The number of nitrogens with one attached hydrogen (secondary N) is 1. The molecule has 2 nitrogen and oxygen atoms in total. The minimum Gasteiger partial charge on any atom is -0.481 e. The summed E-state index contributed by atoms with van der Waals surface area (Å²) in [6, 6.07) is 0. The van der Waals surface area contributed by atoms with Crippen molar-refractivity contribution in [2.75, 3.05) is 7.11 Å². The average Bonchev–Trinajstić information content (AvgIpc) is 1.87. The van der Waals surface area contributed by atoms with Crippen molar-refractivity contribution in [3.63, 3.8) is 0 Å². The molecule has 2 heteroatoms. The van der Waals surface area contributed by atoms with Gasteiger partial charge in [-0.2, -0.15) is 0 Å². The fraction of sp³-hybridized carbons (Fsp3) is 0.286. The summed E-state index contributed by atoms with van der Waals surface area (Å²) in [7, 11) is 1.47. The van der Waals surface area contributed by atoms with Gasteiger partial charge in [0, 0.05) is 5.57 Å². The zero-order valence-electron chi connectivity index (χ0n) is 5.77. The Kier molecular flexibility index (Phi) is 3.44. The van der Waals surface area contributed by atoms with Crippen LogP contribution < -0.4 is 0 Å². The van der Waals surface area contributed by atoms with Crippen LogP contribution in [0.15, 0.2) is 24.3 Å².